The number of nitrogens with one attached hydrogen (secondary N) is 2. The number of halogens is 3. The van der Waals surface area contributed by atoms with Gasteiger partial charge in [-0.05, 0) is 50.2 Å². The molecule has 0 aliphatic rings. The highest BCUT2D eigenvalue weighted by Crippen LogP contribution is 2.38. The summed E-state index contributed by atoms with van der Waals surface area (Å²) < 4.78 is 41.3. The van der Waals surface area contributed by atoms with Gasteiger partial charge in [0.1, 0.15) is 11.5 Å². The van der Waals surface area contributed by atoms with Crippen molar-refractivity contribution in [2.45, 2.75) is 33.9 Å². The van der Waals surface area contributed by atoms with Crippen molar-refractivity contribution in [2.24, 2.45) is 5.16 Å². The minimum atomic E-state index is -4.68. The number of rotatable bonds is 5. The first-order chi connectivity index (χ1) is 15.2. The smallest absolute Gasteiger partial charge is 0.411 e. The van der Waals surface area contributed by atoms with Gasteiger partial charge in [0.2, 0.25) is 0 Å². The summed E-state index contributed by atoms with van der Waals surface area (Å²) in [4.78, 5) is 8.56. The number of alkyl halides is 3. The van der Waals surface area contributed by atoms with Gasteiger partial charge in [0.05, 0.1) is 17.0 Å². The first-order valence-electron chi connectivity index (χ1n) is 9.86. The third kappa shape index (κ3) is 5.69. The molecule has 0 bridgehead atoms. The van der Waals surface area contributed by atoms with Gasteiger partial charge in [-0.1, -0.05) is 31.1 Å². The molecule has 3 aromatic rings. The first kappa shape index (κ1) is 24.5. The second kappa shape index (κ2) is 10.5. The third-order valence-electron chi connectivity index (χ3n) is 4.35. The summed E-state index contributed by atoms with van der Waals surface area (Å²) in [6.07, 6.45) is -4.02. The van der Waals surface area contributed by atoms with Crippen LogP contribution in [0.1, 0.15) is 43.3 Å². The Morgan fingerprint density at radius 3 is 2.38 bits per heavy atom. The average molecular weight is 443 g/mol. The lowest BCUT2D eigenvalue weighted by Crippen LogP contribution is -2.12. The third-order valence-corrected chi connectivity index (χ3v) is 4.35. The number of nitrogens with zero attached hydrogens (tertiary/aromatic N) is 3. The Kier molecular flexibility index (Phi) is 8.06. The van der Waals surface area contributed by atoms with Crippen molar-refractivity contribution in [3.63, 3.8) is 0 Å². The van der Waals surface area contributed by atoms with Gasteiger partial charge < -0.3 is 15.9 Å². The van der Waals surface area contributed by atoms with Gasteiger partial charge >= 0.3 is 6.18 Å². The van der Waals surface area contributed by atoms with Crippen LogP contribution in [0.5, 0.6) is 0 Å². The molecule has 32 heavy (non-hydrogen) atoms. The molecule has 2 aromatic heterocycles. The maximum atomic E-state index is 13.8. The van der Waals surface area contributed by atoms with Crippen molar-refractivity contribution in [3.8, 4) is 11.3 Å². The molecule has 0 radical (unpaired) electrons. The zero-order valence-electron chi connectivity index (χ0n) is 18.1. The molecule has 0 unspecified atom stereocenters. The number of benzene rings is 1. The normalized spacial score (nSPS) is 11.4. The van der Waals surface area contributed by atoms with E-state index in [2.05, 4.69) is 20.4 Å². The van der Waals surface area contributed by atoms with Crippen molar-refractivity contribution in [3.05, 3.63) is 71.0 Å². The quantitative estimate of drug-likeness (QED) is 0.240. The van der Waals surface area contributed by atoms with E-state index in [4.69, 9.17) is 10.6 Å². The van der Waals surface area contributed by atoms with Crippen LogP contribution in [0.15, 0.2) is 53.7 Å². The molecule has 0 atom stereocenters. The van der Waals surface area contributed by atoms with Crippen LogP contribution in [-0.2, 0) is 6.18 Å². The molecule has 0 aliphatic heterocycles. The molecule has 0 fully saturated rings. The van der Waals surface area contributed by atoms with Crippen molar-refractivity contribution in [2.75, 3.05) is 5.32 Å². The molecular formula is C23H24F3N5O. The van der Waals surface area contributed by atoms with Gasteiger partial charge in [0.25, 0.3) is 0 Å². The van der Waals surface area contributed by atoms with Crippen LogP contribution in [0.4, 0.5) is 24.7 Å². The highest BCUT2D eigenvalue weighted by Gasteiger charge is 2.35. The molecular weight excluding hydrogens is 419 g/mol. The molecule has 168 valence electrons. The standard InChI is InChI=1S/C21H18F3N5O.C2H6/c1-12-5-3-8-20(26-12)28-19-10-14(9-16(15(19)11-25)21(22,23)24)18-7-4-6-17(27-18)13(2)29-30;1-2/h3-11,25,30H,1-2H3,(H,26,28);1-2H3/b25-11?,29-13-;. The van der Waals surface area contributed by atoms with E-state index in [0.717, 1.165) is 6.07 Å². The van der Waals surface area contributed by atoms with E-state index in [9.17, 15) is 13.2 Å². The Labute approximate surface area is 184 Å². The Bertz CT molecular complexity index is 1130. The minimum Gasteiger partial charge on any atom is -0.411 e. The van der Waals surface area contributed by atoms with Crippen LogP contribution in [0.25, 0.3) is 11.3 Å². The summed E-state index contributed by atoms with van der Waals surface area (Å²) in [7, 11) is 0. The summed E-state index contributed by atoms with van der Waals surface area (Å²) in [6.45, 7) is 7.29. The SMILES string of the molecule is C/C(=N/O)c1cccc(-c2cc(Nc3cccc(C)n3)c(C=N)c(C(F)(F)F)c2)n1.CC. The van der Waals surface area contributed by atoms with E-state index >= 15 is 0 Å². The van der Waals surface area contributed by atoms with Gasteiger partial charge in [-0.15, -0.1) is 0 Å². The lowest BCUT2D eigenvalue weighted by Gasteiger charge is -2.18. The van der Waals surface area contributed by atoms with Crippen LogP contribution in [-0.4, -0.2) is 27.1 Å². The zero-order valence-corrected chi connectivity index (χ0v) is 18.1. The molecule has 3 rings (SSSR count). The predicted molar refractivity (Wildman–Crippen MR) is 120 cm³/mol. The maximum Gasteiger partial charge on any atom is 0.417 e. The number of aryl methyl sites for hydroxylation is 1. The molecule has 6 nitrogen and oxygen atoms in total. The van der Waals surface area contributed by atoms with Crippen molar-refractivity contribution in [1.29, 1.82) is 5.41 Å². The van der Waals surface area contributed by atoms with E-state index in [1.54, 1.807) is 43.3 Å². The number of pyridine rings is 2. The van der Waals surface area contributed by atoms with Gasteiger partial charge in [-0.25, -0.2) is 9.97 Å². The molecule has 3 N–H and O–H groups in total. The fourth-order valence-electron chi connectivity index (χ4n) is 2.89. The lowest BCUT2D eigenvalue weighted by molar-refractivity contribution is -0.137. The van der Waals surface area contributed by atoms with Crippen LogP contribution >= 0.6 is 0 Å². The van der Waals surface area contributed by atoms with E-state index < -0.39 is 11.7 Å². The summed E-state index contributed by atoms with van der Waals surface area (Å²) in [6, 6.07) is 12.3. The number of aromatic nitrogens is 2. The molecule has 0 amide bonds. The van der Waals surface area contributed by atoms with Crippen LogP contribution in [0.3, 0.4) is 0 Å². The van der Waals surface area contributed by atoms with Gasteiger partial charge in [-0.3, -0.25) is 0 Å². The van der Waals surface area contributed by atoms with Gasteiger partial charge in [0, 0.05) is 28.7 Å². The van der Waals surface area contributed by atoms with Gasteiger partial charge in [0.15, 0.2) is 0 Å². The Morgan fingerprint density at radius 2 is 1.78 bits per heavy atom. The number of hydrogen-bond acceptors (Lipinski definition) is 6. The second-order valence-corrected chi connectivity index (χ2v) is 6.51. The van der Waals surface area contributed by atoms with Crippen LogP contribution < -0.4 is 5.32 Å². The fraction of sp³-hybridized carbons (Fsp3) is 0.217. The van der Waals surface area contributed by atoms with E-state index in [-0.39, 0.29) is 28.2 Å². The molecule has 0 saturated carbocycles. The van der Waals surface area contributed by atoms with E-state index in [1.165, 1.54) is 13.0 Å². The molecule has 0 aliphatic carbocycles. The van der Waals surface area contributed by atoms with Crippen molar-refractivity contribution >= 4 is 23.4 Å². The molecule has 1 aromatic carbocycles. The van der Waals surface area contributed by atoms with Crippen molar-refractivity contribution in [1.82, 2.24) is 9.97 Å². The summed E-state index contributed by atoms with van der Waals surface area (Å²) in [5.41, 5.74) is 0.502. The highest BCUT2D eigenvalue weighted by atomic mass is 19.4. The zero-order chi connectivity index (χ0) is 23.9. The Hall–Kier alpha value is -3.75. The number of oxime groups is 1. The molecule has 0 spiro atoms. The monoisotopic (exact) mass is 443 g/mol. The summed E-state index contributed by atoms with van der Waals surface area (Å²) >= 11 is 0. The topological polar surface area (TPSA) is 94.3 Å². The molecule has 0 saturated heterocycles. The van der Waals surface area contributed by atoms with E-state index in [1.807, 2.05) is 13.8 Å². The number of hydrogen-bond donors (Lipinski definition) is 3. The largest absolute Gasteiger partial charge is 0.417 e. The van der Waals surface area contributed by atoms with E-state index in [0.29, 0.717) is 23.4 Å². The number of anilines is 2. The second-order valence-electron chi connectivity index (χ2n) is 6.51. The Balaban J connectivity index is 0.00000176. The van der Waals surface area contributed by atoms with Crippen LogP contribution in [0.2, 0.25) is 0 Å². The lowest BCUT2D eigenvalue weighted by atomic mass is 9.99. The summed E-state index contributed by atoms with van der Waals surface area (Å²) in [5, 5.41) is 22.5. The molecule has 2 heterocycles. The first-order valence-corrected chi connectivity index (χ1v) is 9.86. The maximum absolute atomic E-state index is 13.8. The summed E-state index contributed by atoms with van der Waals surface area (Å²) in [5.74, 6) is 0.355. The fourth-order valence-corrected chi connectivity index (χ4v) is 2.89. The average Bonchev–Trinajstić information content (AvgIpc) is 2.79. The van der Waals surface area contributed by atoms with Crippen LogP contribution in [0, 0.1) is 12.3 Å². The molecule has 9 heteroatoms. The predicted octanol–water partition coefficient (Wildman–Crippen LogP) is 6.44. The van der Waals surface area contributed by atoms with Gasteiger partial charge in [-0.2, -0.15) is 13.2 Å². The Morgan fingerprint density at radius 1 is 1.09 bits per heavy atom. The minimum absolute atomic E-state index is 0.0766. The van der Waals surface area contributed by atoms with Crippen molar-refractivity contribution < 1.29 is 18.4 Å². The highest BCUT2D eigenvalue weighted by molar-refractivity contribution is 5.97.